The smallest absolute Gasteiger partial charge is 0.279 e. The van der Waals surface area contributed by atoms with Crippen molar-refractivity contribution in [2.24, 2.45) is 0 Å². The van der Waals surface area contributed by atoms with Crippen molar-refractivity contribution in [3.05, 3.63) is 41.6 Å². The van der Waals surface area contributed by atoms with E-state index in [0.717, 1.165) is 25.1 Å². The predicted octanol–water partition coefficient (Wildman–Crippen LogP) is 2.26. The molecule has 1 amide bonds. The van der Waals surface area contributed by atoms with Gasteiger partial charge in [-0.25, -0.2) is 4.68 Å². The van der Waals surface area contributed by atoms with Crippen LogP contribution >= 0.6 is 0 Å². The molecule has 2 aromatic rings. The van der Waals surface area contributed by atoms with Crippen LogP contribution in [0.3, 0.4) is 0 Å². The lowest BCUT2D eigenvalue weighted by Crippen LogP contribution is -2.36. The van der Waals surface area contributed by atoms with E-state index in [0.29, 0.717) is 18.2 Å². The van der Waals surface area contributed by atoms with Gasteiger partial charge in [-0.15, -0.1) is 0 Å². The Hall–Kier alpha value is -2.30. The average Bonchev–Trinajstić information content (AvgIpc) is 3.06. The van der Waals surface area contributed by atoms with Crippen molar-refractivity contribution in [2.75, 3.05) is 11.5 Å². The lowest BCUT2D eigenvalue weighted by Gasteiger charge is -2.21. The van der Waals surface area contributed by atoms with Crippen LogP contribution in [0.15, 0.2) is 30.3 Å². The number of ether oxygens (including phenoxy) is 1. The second-order valence-corrected chi connectivity index (χ2v) is 5.65. The summed E-state index contributed by atoms with van der Waals surface area (Å²) in [5.74, 6) is 0.655. The van der Waals surface area contributed by atoms with E-state index in [1.165, 1.54) is 5.56 Å². The number of hydrogen-bond donors (Lipinski definition) is 0. The largest absolute Gasteiger partial charge is 0.478 e. The second-order valence-electron chi connectivity index (χ2n) is 5.65. The topological polar surface area (TPSA) is 47.4 Å². The molecule has 0 spiro atoms. The number of aryl methyl sites for hydroxylation is 1. The number of carbonyl (C=O) groups excluding carboxylic acids is 1. The van der Waals surface area contributed by atoms with Gasteiger partial charge in [0.25, 0.3) is 5.91 Å². The summed E-state index contributed by atoms with van der Waals surface area (Å²) < 4.78 is 7.32. The Bertz CT molecular complexity index is 684. The van der Waals surface area contributed by atoms with E-state index in [-0.39, 0.29) is 11.9 Å². The van der Waals surface area contributed by atoms with E-state index in [1.807, 2.05) is 23.1 Å². The van der Waals surface area contributed by atoms with Crippen molar-refractivity contribution in [1.82, 2.24) is 9.78 Å². The molecule has 2 aliphatic rings. The molecule has 2 aliphatic heterocycles. The minimum Gasteiger partial charge on any atom is -0.478 e. The molecular formula is C16H17N3O2. The van der Waals surface area contributed by atoms with Crippen LogP contribution in [0, 0.1) is 0 Å². The lowest BCUT2D eigenvalue weighted by molar-refractivity contribution is 0.0975. The van der Waals surface area contributed by atoms with Gasteiger partial charge < -0.3 is 9.64 Å². The predicted molar refractivity (Wildman–Crippen MR) is 78.8 cm³/mol. The highest BCUT2D eigenvalue weighted by Crippen LogP contribution is 2.33. The molecule has 1 aromatic carbocycles. The fraction of sp³-hybridized carbons (Fsp3) is 0.375. The Morgan fingerprint density at radius 2 is 2.24 bits per heavy atom. The van der Waals surface area contributed by atoms with Crippen LogP contribution < -0.4 is 9.64 Å². The molecule has 108 valence electrons. The second kappa shape index (κ2) is 4.62. The standard InChI is InChI=1S/C16H17N3O2/c1-11-9-12-5-2-3-6-14(12)19(11)16(20)13-10-15-18(17-13)7-4-8-21-15/h2-3,5-6,10-11H,4,7-9H2,1H3. The number of benzene rings is 1. The van der Waals surface area contributed by atoms with Crippen molar-refractivity contribution in [2.45, 2.75) is 32.4 Å². The minimum atomic E-state index is -0.0436. The van der Waals surface area contributed by atoms with Crippen LogP contribution in [0.5, 0.6) is 5.88 Å². The summed E-state index contributed by atoms with van der Waals surface area (Å²) in [4.78, 5) is 14.7. The fourth-order valence-electron chi connectivity index (χ4n) is 3.17. The summed E-state index contributed by atoms with van der Waals surface area (Å²) in [5.41, 5.74) is 2.69. The number of hydrogen-bond acceptors (Lipinski definition) is 3. The number of anilines is 1. The van der Waals surface area contributed by atoms with Crippen molar-refractivity contribution in [3.8, 4) is 5.88 Å². The van der Waals surface area contributed by atoms with Crippen LogP contribution in [0.2, 0.25) is 0 Å². The Morgan fingerprint density at radius 1 is 1.38 bits per heavy atom. The van der Waals surface area contributed by atoms with E-state index >= 15 is 0 Å². The zero-order chi connectivity index (χ0) is 14.4. The first-order valence-electron chi connectivity index (χ1n) is 7.36. The number of fused-ring (bicyclic) bond motifs is 2. The first-order valence-corrected chi connectivity index (χ1v) is 7.36. The summed E-state index contributed by atoms with van der Waals surface area (Å²) >= 11 is 0. The maximum atomic E-state index is 12.8. The zero-order valence-corrected chi connectivity index (χ0v) is 12.0. The molecule has 5 heteroatoms. The van der Waals surface area contributed by atoms with Crippen LogP contribution in [0.25, 0.3) is 0 Å². The molecule has 0 aliphatic carbocycles. The first-order chi connectivity index (χ1) is 10.2. The van der Waals surface area contributed by atoms with E-state index in [2.05, 4.69) is 18.1 Å². The van der Waals surface area contributed by atoms with E-state index in [1.54, 1.807) is 10.7 Å². The summed E-state index contributed by atoms with van der Waals surface area (Å²) in [7, 11) is 0. The van der Waals surface area contributed by atoms with Crippen molar-refractivity contribution in [1.29, 1.82) is 0 Å². The Morgan fingerprint density at radius 3 is 3.10 bits per heavy atom. The molecule has 5 nitrogen and oxygen atoms in total. The van der Waals surface area contributed by atoms with Crippen LogP contribution in [0.1, 0.15) is 29.4 Å². The van der Waals surface area contributed by atoms with Gasteiger partial charge in [0.2, 0.25) is 5.88 Å². The Balaban J connectivity index is 1.70. The molecule has 0 bridgehead atoms. The number of nitrogens with zero attached hydrogens (tertiary/aromatic N) is 3. The number of amides is 1. The molecule has 0 N–H and O–H groups in total. The molecule has 4 rings (SSSR count). The van der Waals surface area contributed by atoms with Crippen molar-refractivity contribution >= 4 is 11.6 Å². The highest BCUT2D eigenvalue weighted by Gasteiger charge is 2.33. The lowest BCUT2D eigenvalue weighted by atomic mass is 10.1. The molecule has 3 heterocycles. The fourth-order valence-corrected chi connectivity index (χ4v) is 3.17. The maximum absolute atomic E-state index is 12.8. The first kappa shape index (κ1) is 12.4. The van der Waals surface area contributed by atoms with Crippen molar-refractivity contribution in [3.63, 3.8) is 0 Å². The van der Waals surface area contributed by atoms with Crippen molar-refractivity contribution < 1.29 is 9.53 Å². The molecule has 0 saturated carbocycles. The normalized spacial score (nSPS) is 19.9. The van der Waals surface area contributed by atoms with Gasteiger partial charge in [0.1, 0.15) is 0 Å². The third kappa shape index (κ3) is 1.92. The van der Waals surface area contributed by atoms with E-state index in [9.17, 15) is 4.79 Å². The molecule has 21 heavy (non-hydrogen) atoms. The quantitative estimate of drug-likeness (QED) is 0.806. The molecule has 0 fully saturated rings. The van der Waals surface area contributed by atoms with Gasteiger partial charge in [-0.1, -0.05) is 18.2 Å². The molecule has 1 aromatic heterocycles. The SMILES string of the molecule is CC1Cc2ccccc2N1C(=O)c1cc2n(n1)CCCO2. The van der Waals surface area contributed by atoms with Gasteiger partial charge in [0.05, 0.1) is 6.61 Å². The summed E-state index contributed by atoms with van der Waals surface area (Å²) in [5, 5.41) is 4.40. The maximum Gasteiger partial charge on any atom is 0.279 e. The minimum absolute atomic E-state index is 0.0436. The average molecular weight is 283 g/mol. The molecule has 0 saturated heterocycles. The molecule has 1 atom stereocenters. The van der Waals surface area contributed by atoms with Gasteiger partial charge in [-0.05, 0) is 25.0 Å². The van der Waals surface area contributed by atoms with E-state index in [4.69, 9.17) is 4.74 Å². The van der Waals surface area contributed by atoms with E-state index < -0.39 is 0 Å². The van der Waals surface area contributed by atoms with Crippen LogP contribution in [0.4, 0.5) is 5.69 Å². The number of carbonyl (C=O) groups is 1. The monoisotopic (exact) mass is 283 g/mol. The van der Waals surface area contributed by atoms with Crippen LogP contribution in [-0.4, -0.2) is 28.3 Å². The zero-order valence-electron chi connectivity index (χ0n) is 12.0. The summed E-state index contributed by atoms with van der Waals surface area (Å²) in [6.07, 6.45) is 1.83. The molecule has 0 radical (unpaired) electrons. The molecular weight excluding hydrogens is 266 g/mol. The third-order valence-electron chi connectivity index (χ3n) is 4.15. The van der Waals surface area contributed by atoms with Gasteiger partial charge in [0.15, 0.2) is 5.69 Å². The number of aromatic nitrogens is 2. The summed E-state index contributed by atoms with van der Waals surface area (Å²) in [6.45, 7) is 3.58. The van der Waals surface area contributed by atoms with Gasteiger partial charge in [0, 0.05) is 30.8 Å². The highest BCUT2D eigenvalue weighted by atomic mass is 16.5. The number of para-hydroxylation sites is 1. The van der Waals surface area contributed by atoms with Gasteiger partial charge in [-0.2, -0.15) is 5.10 Å². The Kier molecular flexibility index (Phi) is 2.74. The highest BCUT2D eigenvalue weighted by molar-refractivity contribution is 6.06. The number of rotatable bonds is 1. The third-order valence-corrected chi connectivity index (χ3v) is 4.15. The van der Waals surface area contributed by atoms with Crippen LogP contribution in [-0.2, 0) is 13.0 Å². The van der Waals surface area contributed by atoms with Gasteiger partial charge >= 0.3 is 0 Å². The Labute approximate surface area is 123 Å². The molecule has 1 unspecified atom stereocenters. The summed E-state index contributed by atoms with van der Waals surface area (Å²) in [6, 6.07) is 9.99. The van der Waals surface area contributed by atoms with Gasteiger partial charge in [-0.3, -0.25) is 4.79 Å².